The highest BCUT2D eigenvalue weighted by Crippen LogP contribution is 2.29. The van der Waals surface area contributed by atoms with Crippen LogP contribution in [0, 0.1) is 14.2 Å². The molecule has 102 valence electrons. The van der Waals surface area contributed by atoms with Crippen LogP contribution in [0.2, 0.25) is 10.0 Å². The number of nitrogens with one attached hydrogen (secondary N) is 1. The van der Waals surface area contributed by atoms with Crippen molar-refractivity contribution < 1.29 is 4.39 Å². The lowest BCUT2D eigenvalue weighted by atomic mass is 10.2. The van der Waals surface area contributed by atoms with Crippen LogP contribution < -0.4 is 0 Å². The summed E-state index contributed by atoms with van der Waals surface area (Å²) >= 11 is 19.5. The molecule has 3 rings (SSSR count). The summed E-state index contributed by atoms with van der Waals surface area (Å²) in [6.45, 7) is 0. The molecule has 7 heteroatoms. The second kappa shape index (κ2) is 5.29. The topological polar surface area (TPSA) is 20.7 Å². The predicted octanol–water partition coefficient (Wildman–Crippen LogP) is 5.74. The van der Waals surface area contributed by atoms with Crippen molar-refractivity contribution >= 4 is 69.0 Å². The molecule has 2 aromatic carbocycles. The third-order valence-electron chi connectivity index (χ3n) is 2.87. The molecule has 0 aliphatic rings. The highest BCUT2D eigenvalue weighted by Gasteiger charge is 2.12. The zero-order valence-electron chi connectivity index (χ0n) is 9.75. The lowest BCUT2D eigenvalue weighted by Crippen LogP contribution is -1.96. The van der Waals surface area contributed by atoms with E-state index in [1.807, 2.05) is 18.2 Å². The number of nitrogens with zero attached hydrogens (tertiary/aromatic N) is 1. The number of aromatic nitrogens is 2. The maximum atomic E-state index is 13.7. The van der Waals surface area contributed by atoms with Gasteiger partial charge in [-0.1, -0.05) is 23.2 Å². The normalized spacial score (nSPS) is 11.2. The van der Waals surface area contributed by atoms with Gasteiger partial charge in [0.15, 0.2) is 4.77 Å². The minimum Gasteiger partial charge on any atom is -0.330 e. The molecule has 0 radical (unpaired) electrons. The first-order valence-electron chi connectivity index (χ1n) is 5.52. The summed E-state index contributed by atoms with van der Waals surface area (Å²) in [6.07, 6.45) is 0. The van der Waals surface area contributed by atoms with Crippen molar-refractivity contribution in [3.8, 4) is 5.69 Å². The van der Waals surface area contributed by atoms with Gasteiger partial charge in [0.25, 0.3) is 0 Å². The first-order chi connectivity index (χ1) is 9.47. The van der Waals surface area contributed by atoms with E-state index in [0.717, 1.165) is 3.57 Å². The summed E-state index contributed by atoms with van der Waals surface area (Å²) in [4.78, 5) is 3.00. The van der Waals surface area contributed by atoms with Crippen molar-refractivity contribution in [2.45, 2.75) is 0 Å². The van der Waals surface area contributed by atoms with Crippen molar-refractivity contribution in [1.82, 2.24) is 9.55 Å². The van der Waals surface area contributed by atoms with Crippen LogP contribution in [0.4, 0.5) is 4.39 Å². The van der Waals surface area contributed by atoms with Crippen molar-refractivity contribution in [2.24, 2.45) is 0 Å². The Hall–Kier alpha value is -0.630. The number of imidazole rings is 1. The van der Waals surface area contributed by atoms with Gasteiger partial charge in [0, 0.05) is 9.64 Å². The third-order valence-corrected chi connectivity index (χ3v) is 4.42. The van der Waals surface area contributed by atoms with Crippen LogP contribution in [0.25, 0.3) is 16.7 Å². The van der Waals surface area contributed by atoms with Crippen LogP contribution in [0.15, 0.2) is 30.3 Å². The van der Waals surface area contributed by atoms with E-state index in [-0.39, 0.29) is 5.02 Å². The Bertz CT molecular complexity index is 888. The second-order valence-electron chi connectivity index (χ2n) is 4.14. The van der Waals surface area contributed by atoms with Gasteiger partial charge in [-0.05, 0) is 59.1 Å². The number of fused-ring (bicyclic) bond motifs is 1. The molecule has 0 bridgehead atoms. The second-order valence-corrected chi connectivity index (χ2v) is 6.59. The van der Waals surface area contributed by atoms with Crippen LogP contribution in [0.3, 0.4) is 0 Å². The standard InChI is InChI=1S/C13H6Cl2FIN2S/c14-7-4-10-12(5-9(7)16)19(13(20)18-10)11-2-1-6(17)3-8(11)15/h1-5H,(H,18,20). The summed E-state index contributed by atoms with van der Waals surface area (Å²) in [5.74, 6) is -0.497. The maximum absolute atomic E-state index is 13.7. The molecule has 0 saturated carbocycles. The van der Waals surface area contributed by atoms with E-state index in [0.29, 0.717) is 26.5 Å². The van der Waals surface area contributed by atoms with Gasteiger partial charge in [0.2, 0.25) is 0 Å². The molecule has 0 aliphatic carbocycles. The van der Waals surface area contributed by atoms with E-state index in [1.54, 1.807) is 4.57 Å². The molecular formula is C13H6Cl2FIN2S. The highest BCUT2D eigenvalue weighted by molar-refractivity contribution is 14.1. The first kappa shape index (κ1) is 14.3. The molecule has 3 aromatic rings. The Labute approximate surface area is 142 Å². The van der Waals surface area contributed by atoms with Gasteiger partial charge in [-0.15, -0.1) is 0 Å². The van der Waals surface area contributed by atoms with Gasteiger partial charge in [-0.3, -0.25) is 4.57 Å². The van der Waals surface area contributed by atoms with Gasteiger partial charge >= 0.3 is 0 Å². The van der Waals surface area contributed by atoms with E-state index in [2.05, 4.69) is 27.6 Å². The number of hydrogen-bond donors (Lipinski definition) is 1. The zero-order valence-corrected chi connectivity index (χ0v) is 14.2. The molecule has 0 aliphatic heterocycles. The number of benzene rings is 2. The monoisotopic (exact) mass is 438 g/mol. The number of aromatic amines is 1. The minimum atomic E-state index is -0.497. The Morgan fingerprint density at radius 1 is 1.15 bits per heavy atom. The smallest absolute Gasteiger partial charge is 0.182 e. The molecule has 1 heterocycles. The summed E-state index contributed by atoms with van der Waals surface area (Å²) in [7, 11) is 0. The number of H-pyrrole nitrogens is 1. The average molecular weight is 439 g/mol. The zero-order chi connectivity index (χ0) is 14.4. The molecule has 1 N–H and O–H groups in total. The highest BCUT2D eigenvalue weighted by atomic mass is 127. The van der Waals surface area contributed by atoms with Crippen molar-refractivity contribution in [1.29, 1.82) is 0 Å². The average Bonchev–Trinajstić information content (AvgIpc) is 2.66. The molecular weight excluding hydrogens is 433 g/mol. The van der Waals surface area contributed by atoms with Crippen LogP contribution in [0.1, 0.15) is 0 Å². The van der Waals surface area contributed by atoms with Gasteiger partial charge in [-0.25, -0.2) is 4.39 Å². The van der Waals surface area contributed by atoms with Gasteiger partial charge in [0.05, 0.1) is 26.8 Å². The molecule has 0 spiro atoms. The molecule has 1 aromatic heterocycles. The summed E-state index contributed by atoms with van der Waals surface area (Å²) < 4.78 is 16.8. The fourth-order valence-corrected chi connectivity index (χ4v) is 3.41. The van der Waals surface area contributed by atoms with Crippen molar-refractivity contribution in [3.63, 3.8) is 0 Å². The molecule has 0 saturated heterocycles. The number of hydrogen-bond acceptors (Lipinski definition) is 1. The fourth-order valence-electron chi connectivity index (χ4n) is 2.00. The third kappa shape index (κ3) is 2.36. The fraction of sp³-hybridized carbons (Fsp3) is 0. The largest absolute Gasteiger partial charge is 0.330 e. The van der Waals surface area contributed by atoms with Crippen LogP contribution >= 0.6 is 58.0 Å². The maximum Gasteiger partial charge on any atom is 0.182 e. The number of halogens is 4. The molecule has 0 amide bonds. The predicted molar refractivity (Wildman–Crippen MR) is 91.2 cm³/mol. The Morgan fingerprint density at radius 2 is 1.90 bits per heavy atom. The van der Waals surface area contributed by atoms with E-state index >= 15 is 0 Å². The lowest BCUT2D eigenvalue weighted by molar-refractivity contribution is 0.629. The van der Waals surface area contributed by atoms with E-state index in [9.17, 15) is 4.39 Å². The quantitative estimate of drug-likeness (QED) is 0.379. The molecule has 2 nitrogen and oxygen atoms in total. The molecule has 0 fully saturated rings. The van der Waals surface area contributed by atoms with Gasteiger partial charge < -0.3 is 4.98 Å². The minimum absolute atomic E-state index is 0.0506. The van der Waals surface area contributed by atoms with Crippen LogP contribution in [0.5, 0.6) is 0 Å². The lowest BCUT2D eigenvalue weighted by Gasteiger charge is -2.07. The summed E-state index contributed by atoms with van der Waals surface area (Å²) in [5, 5.41) is 0.596. The summed E-state index contributed by atoms with van der Waals surface area (Å²) in [5.41, 5.74) is 1.96. The number of rotatable bonds is 1. The Balaban J connectivity index is 2.39. The van der Waals surface area contributed by atoms with Crippen molar-refractivity contribution in [2.75, 3.05) is 0 Å². The van der Waals surface area contributed by atoms with Gasteiger partial charge in [0.1, 0.15) is 5.82 Å². The molecule has 0 atom stereocenters. The van der Waals surface area contributed by atoms with E-state index < -0.39 is 5.82 Å². The van der Waals surface area contributed by atoms with Crippen LogP contribution in [-0.2, 0) is 0 Å². The summed E-state index contributed by atoms with van der Waals surface area (Å²) in [6, 6.07) is 8.44. The Kier molecular flexibility index (Phi) is 3.79. The van der Waals surface area contributed by atoms with E-state index in [4.69, 9.17) is 35.4 Å². The SMILES string of the molecule is Fc1cc2c(cc1Cl)[nH]c(=S)n2-c1ccc(I)cc1Cl. The molecule has 0 unspecified atom stereocenters. The van der Waals surface area contributed by atoms with E-state index in [1.165, 1.54) is 12.1 Å². The first-order valence-corrected chi connectivity index (χ1v) is 7.77. The molecule has 20 heavy (non-hydrogen) atoms. The van der Waals surface area contributed by atoms with Gasteiger partial charge in [-0.2, -0.15) is 0 Å². The Morgan fingerprint density at radius 3 is 2.60 bits per heavy atom. The van der Waals surface area contributed by atoms with Crippen LogP contribution in [-0.4, -0.2) is 9.55 Å². The van der Waals surface area contributed by atoms with Crippen molar-refractivity contribution in [3.05, 3.63) is 54.5 Å².